The van der Waals surface area contributed by atoms with E-state index in [9.17, 15) is 19.7 Å². The lowest BCUT2D eigenvalue weighted by molar-refractivity contribution is -0.387. The highest BCUT2D eigenvalue weighted by Gasteiger charge is 2.21. The van der Waals surface area contributed by atoms with Gasteiger partial charge >= 0.3 is 0 Å². The fourth-order valence-corrected chi connectivity index (χ4v) is 2.89. The van der Waals surface area contributed by atoms with Crippen LogP contribution in [0, 0.1) is 10.1 Å². The third-order valence-electron chi connectivity index (χ3n) is 3.02. The molecule has 1 aromatic rings. The Bertz CT molecular complexity index is 575. The Kier molecular flexibility index (Phi) is 4.68. The molecule has 1 saturated carbocycles. The van der Waals surface area contributed by atoms with Crippen LogP contribution in [0.25, 0.3) is 0 Å². The standard InChI is InChI=1S/C14H13NO4S/c16-12-6-2-3-7-13(17)10(12)9-20-14-8-4-1-5-11(14)15(18)19/h1,4-5,8-9H,2-3,6-7H2. The van der Waals surface area contributed by atoms with Gasteiger partial charge in [-0.15, -0.1) is 0 Å². The summed E-state index contributed by atoms with van der Waals surface area (Å²) in [6, 6.07) is 6.27. The van der Waals surface area contributed by atoms with E-state index in [0.717, 1.165) is 24.6 Å². The number of benzene rings is 1. The number of carbonyl (C=O) groups is 2. The molecule has 0 unspecified atom stereocenters. The van der Waals surface area contributed by atoms with Crippen molar-refractivity contribution < 1.29 is 14.5 Å². The second kappa shape index (κ2) is 6.47. The molecule has 0 spiro atoms. The fraction of sp³-hybridized carbons (Fsp3) is 0.286. The van der Waals surface area contributed by atoms with Gasteiger partial charge in [0.05, 0.1) is 15.4 Å². The summed E-state index contributed by atoms with van der Waals surface area (Å²) in [6.45, 7) is 0. The summed E-state index contributed by atoms with van der Waals surface area (Å²) in [5.74, 6) is -0.336. The quantitative estimate of drug-likeness (QED) is 0.213. The van der Waals surface area contributed by atoms with Crippen molar-refractivity contribution >= 4 is 29.0 Å². The molecule has 104 valence electrons. The van der Waals surface area contributed by atoms with Crippen molar-refractivity contribution in [3.63, 3.8) is 0 Å². The summed E-state index contributed by atoms with van der Waals surface area (Å²) >= 11 is 1.05. The van der Waals surface area contributed by atoms with E-state index < -0.39 is 4.92 Å². The van der Waals surface area contributed by atoms with E-state index >= 15 is 0 Å². The first-order chi connectivity index (χ1) is 9.59. The monoisotopic (exact) mass is 291 g/mol. The second-order valence-corrected chi connectivity index (χ2v) is 5.34. The van der Waals surface area contributed by atoms with Crippen LogP contribution in [0.15, 0.2) is 40.1 Å². The number of Topliss-reactive ketones (excluding diaryl/α,β-unsaturated/α-hetero) is 2. The predicted octanol–water partition coefficient (Wildman–Crippen LogP) is 3.28. The molecule has 6 heteroatoms. The van der Waals surface area contributed by atoms with Gasteiger partial charge in [0.2, 0.25) is 0 Å². The minimum Gasteiger partial charge on any atom is -0.294 e. The largest absolute Gasteiger partial charge is 0.294 e. The molecule has 2 rings (SSSR count). The topological polar surface area (TPSA) is 77.3 Å². The number of allylic oxidation sites excluding steroid dienone is 1. The Labute approximate surface area is 120 Å². The molecule has 1 aliphatic rings. The molecule has 0 bridgehead atoms. The van der Waals surface area contributed by atoms with Crippen LogP contribution in [0.1, 0.15) is 25.7 Å². The number of nitro groups is 1. The van der Waals surface area contributed by atoms with Gasteiger partial charge in [0, 0.05) is 18.9 Å². The molecule has 20 heavy (non-hydrogen) atoms. The Balaban J connectivity index is 2.25. The number of rotatable bonds is 3. The van der Waals surface area contributed by atoms with Crippen molar-refractivity contribution in [3.8, 4) is 0 Å². The van der Waals surface area contributed by atoms with E-state index in [1.807, 2.05) is 0 Å². The summed E-state index contributed by atoms with van der Waals surface area (Å²) in [5.41, 5.74) is 0.147. The van der Waals surface area contributed by atoms with Gasteiger partial charge in [-0.05, 0) is 24.3 Å². The van der Waals surface area contributed by atoms with Gasteiger partial charge in [-0.2, -0.15) is 0 Å². The Morgan fingerprint density at radius 2 is 1.70 bits per heavy atom. The van der Waals surface area contributed by atoms with E-state index in [-0.39, 0.29) is 22.8 Å². The van der Waals surface area contributed by atoms with Gasteiger partial charge in [-0.3, -0.25) is 19.7 Å². The van der Waals surface area contributed by atoms with E-state index in [0.29, 0.717) is 17.7 Å². The van der Waals surface area contributed by atoms with E-state index in [4.69, 9.17) is 0 Å². The SMILES string of the molecule is O=C1CCCCC(=O)C1=CSc1ccccc1[N+](=O)[O-]. The van der Waals surface area contributed by atoms with Gasteiger partial charge in [-0.25, -0.2) is 0 Å². The number of para-hydroxylation sites is 1. The number of ketones is 2. The second-order valence-electron chi connectivity index (χ2n) is 4.43. The zero-order valence-electron chi connectivity index (χ0n) is 10.7. The van der Waals surface area contributed by atoms with Crippen LogP contribution in [0.3, 0.4) is 0 Å². The molecular formula is C14H13NO4S. The maximum Gasteiger partial charge on any atom is 0.283 e. The molecule has 0 atom stereocenters. The lowest BCUT2D eigenvalue weighted by Gasteiger charge is -2.02. The average Bonchev–Trinajstić information content (AvgIpc) is 2.58. The van der Waals surface area contributed by atoms with Crippen molar-refractivity contribution in [1.82, 2.24) is 0 Å². The van der Waals surface area contributed by atoms with Gasteiger partial charge < -0.3 is 0 Å². The predicted molar refractivity (Wildman–Crippen MR) is 75.5 cm³/mol. The van der Waals surface area contributed by atoms with Crippen LogP contribution < -0.4 is 0 Å². The van der Waals surface area contributed by atoms with Crippen LogP contribution in [-0.4, -0.2) is 16.5 Å². The van der Waals surface area contributed by atoms with Crippen LogP contribution in [0.4, 0.5) is 5.69 Å². The molecule has 0 heterocycles. The molecule has 0 saturated heterocycles. The van der Waals surface area contributed by atoms with Gasteiger partial charge in [-0.1, -0.05) is 23.9 Å². The Morgan fingerprint density at radius 1 is 1.10 bits per heavy atom. The molecular weight excluding hydrogens is 278 g/mol. The van der Waals surface area contributed by atoms with Gasteiger partial charge in [0.15, 0.2) is 11.6 Å². The van der Waals surface area contributed by atoms with E-state index in [2.05, 4.69) is 0 Å². The van der Waals surface area contributed by atoms with Crippen LogP contribution in [0.2, 0.25) is 0 Å². The van der Waals surface area contributed by atoms with Crippen molar-refractivity contribution in [2.75, 3.05) is 0 Å². The summed E-state index contributed by atoms with van der Waals surface area (Å²) in [6.07, 6.45) is 2.18. The number of hydrogen-bond donors (Lipinski definition) is 0. The Morgan fingerprint density at radius 3 is 2.30 bits per heavy atom. The summed E-state index contributed by atoms with van der Waals surface area (Å²) < 4.78 is 0. The van der Waals surface area contributed by atoms with Crippen molar-refractivity contribution in [3.05, 3.63) is 45.4 Å². The molecule has 0 amide bonds. The molecule has 1 fully saturated rings. The molecule has 0 aliphatic heterocycles. The molecule has 5 nitrogen and oxygen atoms in total. The lowest BCUT2D eigenvalue weighted by atomic mass is 10.1. The number of carbonyl (C=O) groups excluding carboxylic acids is 2. The third kappa shape index (κ3) is 3.33. The maximum absolute atomic E-state index is 11.8. The fourth-order valence-electron chi connectivity index (χ4n) is 1.96. The highest BCUT2D eigenvalue weighted by molar-refractivity contribution is 8.02. The Hall–Kier alpha value is -1.95. The first-order valence-electron chi connectivity index (χ1n) is 6.26. The highest BCUT2D eigenvalue weighted by Crippen LogP contribution is 2.31. The van der Waals surface area contributed by atoms with E-state index in [1.54, 1.807) is 18.2 Å². The molecule has 0 N–H and O–H groups in total. The number of nitro benzene ring substituents is 1. The first-order valence-corrected chi connectivity index (χ1v) is 7.14. The molecule has 0 radical (unpaired) electrons. The maximum atomic E-state index is 11.8. The van der Waals surface area contributed by atoms with Crippen molar-refractivity contribution in [2.45, 2.75) is 30.6 Å². The summed E-state index contributed by atoms with van der Waals surface area (Å²) in [4.78, 5) is 34.5. The van der Waals surface area contributed by atoms with Crippen molar-refractivity contribution in [1.29, 1.82) is 0 Å². The lowest BCUT2D eigenvalue weighted by Crippen LogP contribution is -2.08. The van der Waals surface area contributed by atoms with Crippen LogP contribution in [0.5, 0.6) is 0 Å². The zero-order valence-corrected chi connectivity index (χ0v) is 11.5. The first kappa shape index (κ1) is 14.5. The average molecular weight is 291 g/mol. The van der Waals surface area contributed by atoms with E-state index in [1.165, 1.54) is 11.5 Å². The summed E-state index contributed by atoms with van der Waals surface area (Å²) in [5, 5.41) is 12.4. The summed E-state index contributed by atoms with van der Waals surface area (Å²) in [7, 11) is 0. The minimum absolute atomic E-state index is 0.0251. The van der Waals surface area contributed by atoms with Crippen LogP contribution in [-0.2, 0) is 9.59 Å². The number of nitrogens with zero attached hydrogens (tertiary/aromatic N) is 1. The molecule has 0 aromatic heterocycles. The normalized spacial score (nSPS) is 15.9. The number of thioether (sulfide) groups is 1. The minimum atomic E-state index is -0.475. The smallest absolute Gasteiger partial charge is 0.283 e. The zero-order chi connectivity index (χ0) is 14.5. The third-order valence-corrected chi connectivity index (χ3v) is 3.98. The number of hydrogen-bond acceptors (Lipinski definition) is 5. The van der Waals surface area contributed by atoms with Gasteiger partial charge in [0.25, 0.3) is 5.69 Å². The molecule has 1 aliphatic carbocycles. The van der Waals surface area contributed by atoms with Gasteiger partial charge in [0.1, 0.15) is 0 Å². The highest BCUT2D eigenvalue weighted by atomic mass is 32.2. The molecule has 1 aromatic carbocycles. The van der Waals surface area contributed by atoms with Crippen molar-refractivity contribution in [2.24, 2.45) is 0 Å². The van der Waals surface area contributed by atoms with Crippen LogP contribution >= 0.6 is 11.8 Å².